The Morgan fingerprint density at radius 3 is 1.81 bits per heavy atom. The Bertz CT molecular complexity index is 3020. The van der Waals surface area contributed by atoms with Crippen LogP contribution >= 0.6 is 0 Å². The van der Waals surface area contributed by atoms with Crippen LogP contribution in [0.5, 0.6) is 0 Å². The molecule has 0 N–H and O–H groups in total. The van der Waals surface area contributed by atoms with Gasteiger partial charge in [-0.05, 0) is 84.3 Å². The lowest BCUT2D eigenvalue weighted by Crippen LogP contribution is -2.28. The molecule has 0 fully saturated rings. The van der Waals surface area contributed by atoms with E-state index in [0.717, 1.165) is 33.1 Å². The third-order valence-electron chi connectivity index (χ3n) is 11.4. The van der Waals surface area contributed by atoms with Crippen molar-refractivity contribution in [2.45, 2.75) is 5.41 Å². The number of pyridine rings is 2. The number of rotatable bonds is 4. The monoisotopic (exact) mass is 672 g/mol. The van der Waals surface area contributed by atoms with E-state index in [1.54, 1.807) is 0 Å². The van der Waals surface area contributed by atoms with Gasteiger partial charge in [0, 0.05) is 22.5 Å². The molecule has 11 rings (SSSR count). The SMILES string of the molecule is c1ccc(C2(c3ccccc3)c3ccccc3-c3ccc4cc(-c5cccc6c(-c7ccc8ccc9cccnc9c8n7)cccc56)ccc4c32)cc1. The van der Waals surface area contributed by atoms with Crippen LogP contribution in [0.25, 0.3) is 76.9 Å². The Morgan fingerprint density at radius 1 is 0.377 bits per heavy atom. The highest BCUT2D eigenvalue weighted by Crippen LogP contribution is 2.58. The van der Waals surface area contributed by atoms with Gasteiger partial charge in [0.2, 0.25) is 0 Å². The first kappa shape index (κ1) is 29.8. The van der Waals surface area contributed by atoms with Gasteiger partial charge in [-0.3, -0.25) is 4.98 Å². The van der Waals surface area contributed by atoms with Crippen molar-refractivity contribution in [1.82, 2.24) is 9.97 Å². The van der Waals surface area contributed by atoms with E-state index >= 15 is 0 Å². The lowest BCUT2D eigenvalue weighted by molar-refractivity contribution is 0.775. The fraction of sp³-hybridized carbons (Fsp3) is 0.0196. The second-order valence-electron chi connectivity index (χ2n) is 14.1. The van der Waals surface area contributed by atoms with E-state index in [1.807, 2.05) is 12.3 Å². The smallest absolute Gasteiger partial charge is 0.0972 e. The maximum absolute atomic E-state index is 5.22. The standard InChI is InChI=1S/C51H32N2/c1-3-13-37(14-4-1)51(38-15-5-2-6-16-38)46-22-8-7-17-43(46)45-29-26-36-32-35(25-28-40(36)48(45)51)39-18-9-20-42-41(39)19-10-21-44(42)47-30-27-34-24-23-33-12-11-31-52-49(33)50(34)53-47/h1-32H. The second kappa shape index (κ2) is 11.6. The van der Waals surface area contributed by atoms with Gasteiger partial charge in [0.25, 0.3) is 0 Å². The molecule has 0 radical (unpaired) electrons. The average Bonchev–Trinajstić information content (AvgIpc) is 3.55. The van der Waals surface area contributed by atoms with E-state index in [-0.39, 0.29) is 0 Å². The molecule has 1 aliphatic carbocycles. The predicted molar refractivity (Wildman–Crippen MR) is 220 cm³/mol. The summed E-state index contributed by atoms with van der Waals surface area (Å²) in [6, 6.07) is 68.7. The molecule has 2 heteroatoms. The van der Waals surface area contributed by atoms with Gasteiger partial charge in [-0.25, -0.2) is 4.98 Å². The Hall–Kier alpha value is -6.90. The zero-order valence-electron chi connectivity index (χ0n) is 28.9. The van der Waals surface area contributed by atoms with Crippen molar-refractivity contribution in [2.75, 3.05) is 0 Å². The number of nitrogens with zero attached hydrogens (tertiary/aromatic N) is 2. The van der Waals surface area contributed by atoms with Crippen LogP contribution in [0.2, 0.25) is 0 Å². The first-order valence-corrected chi connectivity index (χ1v) is 18.2. The van der Waals surface area contributed by atoms with Gasteiger partial charge in [0.15, 0.2) is 0 Å². The molecule has 10 aromatic rings. The fourth-order valence-electron chi connectivity index (χ4n) is 9.11. The van der Waals surface area contributed by atoms with Crippen molar-refractivity contribution in [2.24, 2.45) is 0 Å². The fourth-order valence-corrected chi connectivity index (χ4v) is 9.11. The highest BCUT2D eigenvalue weighted by atomic mass is 14.8. The molecule has 2 nitrogen and oxygen atoms in total. The van der Waals surface area contributed by atoms with Crippen molar-refractivity contribution >= 4 is 43.4 Å². The van der Waals surface area contributed by atoms with Crippen molar-refractivity contribution < 1.29 is 0 Å². The third-order valence-corrected chi connectivity index (χ3v) is 11.4. The molecule has 0 amide bonds. The van der Waals surface area contributed by atoms with Gasteiger partial charge < -0.3 is 0 Å². The van der Waals surface area contributed by atoms with Crippen molar-refractivity contribution in [1.29, 1.82) is 0 Å². The van der Waals surface area contributed by atoms with E-state index in [4.69, 9.17) is 9.97 Å². The van der Waals surface area contributed by atoms with E-state index in [2.05, 4.69) is 182 Å². The Morgan fingerprint density at radius 2 is 1.02 bits per heavy atom. The summed E-state index contributed by atoms with van der Waals surface area (Å²) in [4.78, 5) is 9.92. The van der Waals surface area contributed by atoms with Crippen LogP contribution in [0, 0.1) is 0 Å². The minimum atomic E-state index is -0.447. The highest BCUT2D eigenvalue weighted by Gasteiger charge is 2.46. The molecule has 2 aromatic heterocycles. The number of benzene rings is 8. The normalized spacial score (nSPS) is 13.1. The molecule has 0 spiro atoms. The maximum Gasteiger partial charge on any atom is 0.0972 e. The summed E-state index contributed by atoms with van der Waals surface area (Å²) in [5, 5.41) is 7.09. The first-order chi connectivity index (χ1) is 26.3. The van der Waals surface area contributed by atoms with Crippen LogP contribution in [0.15, 0.2) is 194 Å². The van der Waals surface area contributed by atoms with Crippen LogP contribution in [0.1, 0.15) is 22.3 Å². The summed E-state index contributed by atoms with van der Waals surface area (Å²) in [5.74, 6) is 0. The summed E-state index contributed by atoms with van der Waals surface area (Å²) >= 11 is 0. The lowest BCUT2D eigenvalue weighted by atomic mass is 9.66. The average molecular weight is 673 g/mol. The summed E-state index contributed by atoms with van der Waals surface area (Å²) in [6.07, 6.45) is 1.85. The molecule has 8 aromatic carbocycles. The molecule has 0 atom stereocenters. The molecule has 0 aliphatic heterocycles. The molecule has 0 saturated carbocycles. The van der Waals surface area contributed by atoms with Crippen LogP contribution in [-0.2, 0) is 5.41 Å². The zero-order valence-corrected chi connectivity index (χ0v) is 28.9. The molecular formula is C51H32N2. The Kier molecular flexibility index (Phi) is 6.50. The first-order valence-electron chi connectivity index (χ1n) is 18.2. The summed E-state index contributed by atoms with van der Waals surface area (Å²) in [5.41, 5.74) is 13.7. The molecule has 53 heavy (non-hydrogen) atoms. The molecule has 0 saturated heterocycles. The largest absolute Gasteiger partial charge is 0.254 e. The topological polar surface area (TPSA) is 25.8 Å². The van der Waals surface area contributed by atoms with Gasteiger partial charge in [-0.2, -0.15) is 0 Å². The second-order valence-corrected chi connectivity index (χ2v) is 14.1. The van der Waals surface area contributed by atoms with E-state index in [9.17, 15) is 0 Å². The van der Waals surface area contributed by atoms with Gasteiger partial charge in [0.1, 0.15) is 0 Å². The van der Waals surface area contributed by atoms with Crippen molar-refractivity contribution in [3.8, 4) is 33.5 Å². The Labute approximate surface area is 307 Å². The van der Waals surface area contributed by atoms with Crippen LogP contribution in [0.4, 0.5) is 0 Å². The zero-order chi connectivity index (χ0) is 34.9. The number of hydrogen-bond donors (Lipinski definition) is 0. The van der Waals surface area contributed by atoms with E-state index in [1.165, 1.54) is 66.1 Å². The summed E-state index contributed by atoms with van der Waals surface area (Å²) < 4.78 is 0. The van der Waals surface area contributed by atoms with Gasteiger partial charge in [-0.1, -0.05) is 170 Å². The lowest BCUT2D eigenvalue weighted by Gasteiger charge is -2.34. The van der Waals surface area contributed by atoms with Crippen LogP contribution < -0.4 is 0 Å². The third kappa shape index (κ3) is 4.33. The van der Waals surface area contributed by atoms with Gasteiger partial charge in [-0.15, -0.1) is 0 Å². The molecule has 1 aliphatic rings. The van der Waals surface area contributed by atoms with Gasteiger partial charge >= 0.3 is 0 Å². The van der Waals surface area contributed by atoms with Crippen molar-refractivity contribution in [3.05, 3.63) is 217 Å². The summed E-state index contributed by atoms with van der Waals surface area (Å²) in [7, 11) is 0. The van der Waals surface area contributed by atoms with Crippen LogP contribution in [0.3, 0.4) is 0 Å². The number of hydrogen-bond acceptors (Lipinski definition) is 2. The summed E-state index contributed by atoms with van der Waals surface area (Å²) in [6.45, 7) is 0. The molecule has 0 bridgehead atoms. The van der Waals surface area contributed by atoms with E-state index in [0.29, 0.717) is 0 Å². The quantitative estimate of drug-likeness (QED) is 0.174. The van der Waals surface area contributed by atoms with Crippen molar-refractivity contribution in [3.63, 3.8) is 0 Å². The minimum Gasteiger partial charge on any atom is -0.254 e. The number of fused-ring (bicyclic) bond motifs is 9. The molecule has 246 valence electrons. The minimum absolute atomic E-state index is 0.447. The van der Waals surface area contributed by atoms with Gasteiger partial charge in [0.05, 0.1) is 22.1 Å². The Balaban J connectivity index is 1.11. The highest BCUT2D eigenvalue weighted by molar-refractivity contribution is 6.08. The molecule has 0 unspecified atom stereocenters. The molecular weight excluding hydrogens is 641 g/mol. The van der Waals surface area contributed by atoms with Crippen LogP contribution in [-0.4, -0.2) is 9.97 Å². The predicted octanol–water partition coefficient (Wildman–Crippen LogP) is 12.8. The molecule has 2 heterocycles. The maximum atomic E-state index is 5.22. The van der Waals surface area contributed by atoms with E-state index < -0.39 is 5.41 Å². The number of aromatic nitrogens is 2.